The third-order valence-electron chi connectivity index (χ3n) is 6.61. The van der Waals surface area contributed by atoms with E-state index in [9.17, 15) is 9.59 Å². The van der Waals surface area contributed by atoms with Crippen LogP contribution in [0.1, 0.15) is 92.2 Å². The molecule has 166 valence electrons. The minimum absolute atomic E-state index is 0.135. The zero-order valence-electron chi connectivity index (χ0n) is 19.8. The van der Waals surface area contributed by atoms with Crippen molar-refractivity contribution < 1.29 is 19.1 Å². The lowest BCUT2D eigenvalue weighted by Crippen LogP contribution is -2.21. The Morgan fingerprint density at radius 3 is 2.55 bits per heavy atom. The van der Waals surface area contributed by atoms with E-state index < -0.39 is 5.92 Å². The molecule has 0 aliphatic carbocycles. The molecule has 2 aromatic carbocycles. The van der Waals surface area contributed by atoms with Gasteiger partial charge in [0.05, 0.1) is 7.11 Å². The molecule has 4 heteroatoms. The SMILES string of the molecule is COC(=O)CCCC(C)(C)c1cc(C2C(=O)Oc3c(C(C)C)cccc32)cc(C)c1C. The number of hydrogen-bond donors (Lipinski definition) is 0. The number of fused-ring (bicyclic) bond motifs is 1. The summed E-state index contributed by atoms with van der Waals surface area (Å²) in [5.41, 5.74) is 6.47. The van der Waals surface area contributed by atoms with Gasteiger partial charge in [-0.3, -0.25) is 9.59 Å². The fourth-order valence-electron chi connectivity index (χ4n) is 4.64. The van der Waals surface area contributed by atoms with Crippen molar-refractivity contribution in [2.75, 3.05) is 7.11 Å². The van der Waals surface area contributed by atoms with Crippen LogP contribution in [0.4, 0.5) is 0 Å². The number of carbonyl (C=O) groups excluding carboxylic acids is 2. The lowest BCUT2D eigenvalue weighted by molar-refractivity contribution is -0.140. The van der Waals surface area contributed by atoms with E-state index >= 15 is 0 Å². The number of aryl methyl sites for hydroxylation is 1. The zero-order chi connectivity index (χ0) is 22.9. The number of carbonyl (C=O) groups is 2. The van der Waals surface area contributed by atoms with Gasteiger partial charge in [-0.2, -0.15) is 0 Å². The fourth-order valence-corrected chi connectivity index (χ4v) is 4.64. The Balaban J connectivity index is 2.00. The number of hydrogen-bond acceptors (Lipinski definition) is 4. The van der Waals surface area contributed by atoms with Crippen LogP contribution in [-0.2, 0) is 19.7 Å². The Kier molecular flexibility index (Phi) is 6.59. The van der Waals surface area contributed by atoms with E-state index in [1.807, 2.05) is 18.2 Å². The predicted molar refractivity (Wildman–Crippen MR) is 123 cm³/mol. The number of ether oxygens (including phenoxy) is 2. The van der Waals surface area contributed by atoms with Gasteiger partial charge in [0.25, 0.3) is 0 Å². The molecule has 0 saturated heterocycles. The van der Waals surface area contributed by atoms with Crippen LogP contribution in [0.2, 0.25) is 0 Å². The summed E-state index contributed by atoms with van der Waals surface area (Å²) in [6.07, 6.45) is 2.03. The molecule has 0 bridgehead atoms. The second kappa shape index (κ2) is 8.86. The molecule has 1 aliphatic heterocycles. The molecule has 0 saturated carbocycles. The van der Waals surface area contributed by atoms with Gasteiger partial charge in [0, 0.05) is 12.0 Å². The van der Waals surface area contributed by atoms with Gasteiger partial charge in [0.1, 0.15) is 11.7 Å². The first-order valence-corrected chi connectivity index (χ1v) is 11.1. The summed E-state index contributed by atoms with van der Waals surface area (Å²) >= 11 is 0. The van der Waals surface area contributed by atoms with Crippen LogP contribution < -0.4 is 4.74 Å². The van der Waals surface area contributed by atoms with Crippen molar-refractivity contribution in [3.05, 3.63) is 63.7 Å². The van der Waals surface area contributed by atoms with Gasteiger partial charge >= 0.3 is 11.9 Å². The lowest BCUT2D eigenvalue weighted by Gasteiger charge is -2.29. The first kappa shape index (κ1) is 23.1. The standard InChI is InChI=1S/C27H34O4/c1-16(2)20-10-8-11-21-24(26(29)31-25(20)21)19-14-17(3)18(4)22(15-19)27(5,6)13-9-12-23(28)30-7/h8,10-11,14-16,24H,9,12-13H2,1-7H3. The first-order chi connectivity index (χ1) is 14.6. The molecule has 1 heterocycles. The van der Waals surface area contributed by atoms with E-state index in [2.05, 4.69) is 53.7 Å². The quantitative estimate of drug-likeness (QED) is 0.400. The van der Waals surface area contributed by atoms with Crippen LogP contribution in [0.5, 0.6) is 5.75 Å². The molecule has 0 aromatic heterocycles. The molecule has 1 atom stereocenters. The molecule has 0 N–H and O–H groups in total. The minimum atomic E-state index is -0.405. The molecule has 31 heavy (non-hydrogen) atoms. The Morgan fingerprint density at radius 2 is 1.90 bits per heavy atom. The third-order valence-corrected chi connectivity index (χ3v) is 6.61. The first-order valence-electron chi connectivity index (χ1n) is 11.1. The van der Waals surface area contributed by atoms with Crippen molar-refractivity contribution in [2.24, 2.45) is 0 Å². The summed E-state index contributed by atoms with van der Waals surface area (Å²) in [6, 6.07) is 10.3. The van der Waals surface area contributed by atoms with E-state index in [1.165, 1.54) is 18.2 Å². The van der Waals surface area contributed by atoms with Crippen molar-refractivity contribution >= 4 is 11.9 Å². The summed E-state index contributed by atoms with van der Waals surface area (Å²) in [5.74, 6) is 0.220. The molecule has 1 aliphatic rings. The zero-order valence-corrected chi connectivity index (χ0v) is 19.8. The summed E-state index contributed by atoms with van der Waals surface area (Å²) in [5, 5.41) is 0. The number of esters is 2. The maximum atomic E-state index is 13.0. The van der Waals surface area contributed by atoms with Crippen LogP contribution in [-0.4, -0.2) is 19.0 Å². The van der Waals surface area contributed by atoms with Crippen molar-refractivity contribution in [2.45, 2.75) is 78.1 Å². The van der Waals surface area contributed by atoms with Crippen molar-refractivity contribution in [3.63, 3.8) is 0 Å². The highest BCUT2D eigenvalue weighted by molar-refractivity contribution is 5.90. The molecule has 0 spiro atoms. The Labute approximate surface area is 186 Å². The largest absolute Gasteiger partial charge is 0.469 e. The normalized spacial score (nSPS) is 15.7. The van der Waals surface area contributed by atoms with Gasteiger partial charge in [-0.1, -0.05) is 58.0 Å². The highest BCUT2D eigenvalue weighted by atomic mass is 16.5. The molecule has 2 aromatic rings. The second-order valence-electron chi connectivity index (χ2n) is 9.60. The van der Waals surface area contributed by atoms with Crippen LogP contribution >= 0.6 is 0 Å². The Bertz CT molecular complexity index is 1000. The van der Waals surface area contributed by atoms with Gasteiger partial charge in [-0.05, 0) is 65.8 Å². The number of rotatable bonds is 7. The summed E-state index contributed by atoms with van der Waals surface area (Å²) in [7, 11) is 1.42. The summed E-state index contributed by atoms with van der Waals surface area (Å²) in [4.78, 5) is 24.5. The highest BCUT2D eigenvalue weighted by Crippen LogP contribution is 2.45. The number of para-hydroxylation sites is 1. The maximum absolute atomic E-state index is 13.0. The van der Waals surface area contributed by atoms with Gasteiger partial charge < -0.3 is 9.47 Å². The maximum Gasteiger partial charge on any atom is 0.323 e. The third kappa shape index (κ3) is 4.53. The van der Waals surface area contributed by atoms with Gasteiger partial charge in [-0.25, -0.2) is 0 Å². The van der Waals surface area contributed by atoms with Gasteiger partial charge in [-0.15, -0.1) is 0 Å². The van der Waals surface area contributed by atoms with Crippen LogP contribution in [0.3, 0.4) is 0 Å². The summed E-state index contributed by atoms with van der Waals surface area (Å²) < 4.78 is 10.6. The van der Waals surface area contributed by atoms with Crippen molar-refractivity contribution in [1.82, 2.24) is 0 Å². The Morgan fingerprint density at radius 1 is 1.19 bits per heavy atom. The molecule has 3 rings (SSSR count). The second-order valence-corrected chi connectivity index (χ2v) is 9.60. The average molecular weight is 423 g/mol. The number of methoxy groups -OCH3 is 1. The molecular formula is C27H34O4. The molecule has 0 fully saturated rings. The minimum Gasteiger partial charge on any atom is -0.469 e. The summed E-state index contributed by atoms with van der Waals surface area (Å²) in [6.45, 7) is 12.9. The fraction of sp³-hybridized carbons (Fsp3) is 0.481. The molecule has 1 unspecified atom stereocenters. The van der Waals surface area contributed by atoms with Crippen molar-refractivity contribution in [3.8, 4) is 5.75 Å². The highest BCUT2D eigenvalue weighted by Gasteiger charge is 2.37. The molecular weight excluding hydrogens is 388 g/mol. The van der Waals surface area contributed by atoms with Crippen LogP contribution in [0.25, 0.3) is 0 Å². The van der Waals surface area contributed by atoms with Crippen molar-refractivity contribution in [1.29, 1.82) is 0 Å². The van der Waals surface area contributed by atoms with E-state index in [1.54, 1.807) is 0 Å². The van der Waals surface area contributed by atoms with Crippen LogP contribution in [0, 0.1) is 13.8 Å². The molecule has 0 radical (unpaired) electrons. The van der Waals surface area contributed by atoms with E-state index in [0.717, 1.165) is 40.8 Å². The molecule has 0 amide bonds. The Hall–Kier alpha value is -2.62. The lowest BCUT2D eigenvalue weighted by atomic mass is 9.75. The van der Waals surface area contributed by atoms with Gasteiger partial charge in [0.2, 0.25) is 0 Å². The van der Waals surface area contributed by atoms with E-state index in [-0.39, 0.29) is 23.3 Å². The van der Waals surface area contributed by atoms with Crippen LogP contribution in [0.15, 0.2) is 30.3 Å². The smallest absolute Gasteiger partial charge is 0.323 e. The molecule has 4 nitrogen and oxygen atoms in total. The predicted octanol–water partition coefficient (Wildman–Crippen LogP) is 6.10. The average Bonchev–Trinajstić information content (AvgIpc) is 3.05. The number of benzene rings is 2. The van der Waals surface area contributed by atoms with Gasteiger partial charge in [0.15, 0.2) is 0 Å². The topological polar surface area (TPSA) is 52.6 Å². The van der Waals surface area contributed by atoms with E-state index in [0.29, 0.717) is 6.42 Å². The monoisotopic (exact) mass is 422 g/mol. The van der Waals surface area contributed by atoms with E-state index in [4.69, 9.17) is 9.47 Å².